The predicted octanol–water partition coefficient (Wildman–Crippen LogP) is 3.27. The van der Waals surface area contributed by atoms with E-state index in [0.717, 1.165) is 15.8 Å². The normalized spacial score (nSPS) is 32.4. The first-order chi connectivity index (χ1) is 6.59. The van der Waals surface area contributed by atoms with E-state index in [2.05, 4.69) is 15.9 Å². The van der Waals surface area contributed by atoms with Crippen molar-refractivity contribution in [3.8, 4) is 0 Å². The third-order valence-electron chi connectivity index (χ3n) is 2.79. The number of rotatable bonds is 2. The molecule has 0 saturated heterocycles. The Labute approximate surface area is 95.6 Å². The third-order valence-corrected chi connectivity index (χ3v) is 4.60. The number of hydrogen-bond donors (Lipinski definition) is 1. The number of halogens is 2. The first-order valence-corrected chi connectivity index (χ1v) is 6.43. The van der Waals surface area contributed by atoms with Gasteiger partial charge in [0.2, 0.25) is 0 Å². The summed E-state index contributed by atoms with van der Waals surface area (Å²) in [5.41, 5.74) is 5.74. The molecule has 0 radical (unpaired) electrons. The molecule has 4 heteroatoms. The lowest BCUT2D eigenvalue weighted by Gasteiger charge is -2.18. The molecule has 1 heterocycles. The van der Waals surface area contributed by atoms with Crippen LogP contribution in [0.5, 0.6) is 0 Å². The van der Waals surface area contributed by atoms with Crippen LogP contribution in [-0.4, -0.2) is 11.7 Å². The maximum atomic E-state index is 14.2. The zero-order valence-electron chi connectivity index (χ0n) is 7.80. The van der Waals surface area contributed by atoms with E-state index in [-0.39, 0.29) is 6.04 Å². The number of alkyl halides is 1. The van der Waals surface area contributed by atoms with Crippen molar-refractivity contribution >= 4 is 27.3 Å². The van der Waals surface area contributed by atoms with Crippen LogP contribution in [0.25, 0.3) is 0 Å². The minimum atomic E-state index is -1.07. The van der Waals surface area contributed by atoms with Gasteiger partial charge in [-0.2, -0.15) is 0 Å². The van der Waals surface area contributed by atoms with E-state index in [1.807, 2.05) is 11.4 Å². The molecule has 1 nitrogen and oxygen atoms in total. The van der Waals surface area contributed by atoms with Crippen LogP contribution >= 0.6 is 27.3 Å². The molecule has 2 N–H and O–H groups in total. The third kappa shape index (κ3) is 2.18. The van der Waals surface area contributed by atoms with Crippen molar-refractivity contribution in [3.05, 3.63) is 20.8 Å². The topological polar surface area (TPSA) is 26.0 Å². The lowest BCUT2D eigenvalue weighted by Crippen LogP contribution is -2.25. The van der Waals surface area contributed by atoms with E-state index >= 15 is 0 Å². The van der Waals surface area contributed by atoms with Gasteiger partial charge in [0.1, 0.15) is 5.67 Å². The highest BCUT2D eigenvalue weighted by atomic mass is 79.9. The zero-order valence-corrected chi connectivity index (χ0v) is 10.2. The van der Waals surface area contributed by atoms with Gasteiger partial charge in [-0.1, -0.05) is 0 Å². The first-order valence-electron chi connectivity index (χ1n) is 4.75. The van der Waals surface area contributed by atoms with Gasteiger partial charge < -0.3 is 5.73 Å². The number of thiophene rings is 1. The van der Waals surface area contributed by atoms with Crippen LogP contribution < -0.4 is 5.73 Å². The van der Waals surface area contributed by atoms with Gasteiger partial charge in [0.25, 0.3) is 0 Å². The first kappa shape index (κ1) is 10.6. The summed E-state index contributed by atoms with van der Waals surface area (Å²) < 4.78 is 15.3. The Hall–Kier alpha value is 0.0700. The molecule has 1 aliphatic rings. The van der Waals surface area contributed by atoms with Crippen LogP contribution in [0.15, 0.2) is 15.2 Å². The Balaban J connectivity index is 2.07. The largest absolute Gasteiger partial charge is 0.328 e. The minimum absolute atomic E-state index is 0.0532. The van der Waals surface area contributed by atoms with Gasteiger partial charge in [-0.3, -0.25) is 0 Å². The standard InChI is InChI=1S/C10H13BrFNS/c11-9-7(2-4-14-9)5-10(12)3-1-8(13)6-10/h2,4,8H,1,3,5-6,13H2. The van der Waals surface area contributed by atoms with Gasteiger partial charge >= 0.3 is 0 Å². The predicted molar refractivity (Wildman–Crippen MR) is 61.4 cm³/mol. The van der Waals surface area contributed by atoms with E-state index in [1.54, 1.807) is 11.3 Å². The van der Waals surface area contributed by atoms with Gasteiger partial charge in [-0.15, -0.1) is 11.3 Å². The molecule has 1 aromatic rings. The lowest BCUT2D eigenvalue weighted by atomic mass is 9.96. The van der Waals surface area contributed by atoms with Gasteiger partial charge in [-0.25, -0.2) is 4.39 Å². The van der Waals surface area contributed by atoms with Crippen LogP contribution in [-0.2, 0) is 6.42 Å². The Bertz CT molecular complexity index is 328. The average Bonchev–Trinajstić information content (AvgIpc) is 2.62. The highest BCUT2D eigenvalue weighted by Gasteiger charge is 2.38. The van der Waals surface area contributed by atoms with Gasteiger partial charge in [0.05, 0.1) is 3.79 Å². The van der Waals surface area contributed by atoms with Crippen molar-refractivity contribution in [2.24, 2.45) is 5.73 Å². The molecule has 0 aliphatic heterocycles. The van der Waals surface area contributed by atoms with Gasteiger partial charge in [0.15, 0.2) is 0 Å². The summed E-state index contributed by atoms with van der Waals surface area (Å²) in [7, 11) is 0. The van der Waals surface area contributed by atoms with Crippen molar-refractivity contribution in [1.29, 1.82) is 0 Å². The molecule has 14 heavy (non-hydrogen) atoms. The highest BCUT2D eigenvalue weighted by molar-refractivity contribution is 9.11. The van der Waals surface area contributed by atoms with Crippen molar-refractivity contribution in [2.45, 2.75) is 37.4 Å². The highest BCUT2D eigenvalue weighted by Crippen LogP contribution is 2.38. The molecule has 0 bridgehead atoms. The summed E-state index contributed by atoms with van der Waals surface area (Å²) in [5.74, 6) is 0. The summed E-state index contributed by atoms with van der Waals surface area (Å²) in [6.07, 6.45) is 2.44. The smallest absolute Gasteiger partial charge is 0.116 e. The molecule has 2 atom stereocenters. The van der Waals surface area contributed by atoms with Crippen LogP contribution in [0.2, 0.25) is 0 Å². The maximum Gasteiger partial charge on any atom is 0.116 e. The van der Waals surface area contributed by atoms with Crippen LogP contribution in [0.4, 0.5) is 4.39 Å². The van der Waals surface area contributed by atoms with Crippen molar-refractivity contribution in [1.82, 2.24) is 0 Å². The lowest BCUT2D eigenvalue weighted by molar-refractivity contribution is 0.170. The molecule has 1 aliphatic carbocycles. The molecule has 1 saturated carbocycles. The molecule has 0 amide bonds. The maximum absolute atomic E-state index is 14.2. The summed E-state index contributed by atoms with van der Waals surface area (Å²) in [4.78, 5) is 0. The number of hydrogen-bond acceptors (Lipinski definition) is 2. The SMILES string of the molecule is NC1CCC(F)(Cc2ccsc2Br)C1. The van der Waals surface area contributed by atoms with Crippen LogP contribution in [0.3, 0.4) is 0 Å². The second kappa shape index (κ2) is 3.91. The molecule has 2 rings (SSSR count). The molecular formula is C10H13BrFNS. The molecular weight excluding hydrogens is 265 g/mol. The fraction of sp³-hybridized carbons (Fsp3) is 0.600. The summed E-state index contributed by atoms with van der Waals surface area (Å²) >= 11 is 5.04. The monoisotopic (exact) mass is 277 g/mol. The quantitative estimate of drug-likeness (QED) is 0.882. The Morgan fingerprint density at radius 2 is 2.50 bits per heavy atom. The van der Waals surface area contributed by atoms with Crippen molar-refractivity contribution < 1.29 is 4.39 Å². The molecule has 0 spiro atoms. The minimum Gasteiger partial charge on any atom is -0.328 e. The van der Waals surface area contributed by atoms with E-state index < -0.39 is 5.67 Å². The molecule has 1 aromatic heterocycles. The van der Waals surface area contributed by atoms with Crippen molar-refractivity contribution in [2.75, 3.05) is 0 Å². The summed E-state index contributed by atoms with van der Waals surface area (Å²) in [6.45, 7) is 0. The molecule has 1 fully saturated rings. The van der Waals surface area contributed by atoms with Crippen molar-refractivity contribution in [3.63, 3.8) is 0 Å². The Kier molecular flexibility index (Phi) is 2.96. The summed E-state index contributed by atoms with van der Waals surface area (Å²) in [5, 5.41) is 1.98. The van der Waals surface area contributed by atoms with Crippen LogP contribution in [0.1, 0.15) is 24.8 Å². The van der Waals surface area contributed by atoms with E-state index in [9.17, 15) is 4.39 Å². The van der Waals surface area contributed by atoms with E-state index in [1.165, 1.54) is 0 Å². The van der Waals surface area contributed by atoms with E-state index in [4.69, 9.17) is 5.73 Å². The fourth-order valence-electron chi connectivity index (χ4n) is 2.07. The Morgan fingerprint density at radius 3 is 3.00 bits per heavy atom. The second-order valence-electron chi connectivity index (χ2n) is 4.05. The average molecular weight is 278 g/mol. The van der Waals surface area contributed by atoms with Gasteiger partial charge in [-0.05, 0) is 52.2 Å². The fourth-order valence-corrected chi connectivity index (χ4v) is 3.30. The number of nitrogens with two attached hydrogens (primary N) is 1. The van der Waals surface area contributed by atoms with Crippen LogP contribution in [0, 0.1) is 0 Å². The molecule has 0 aromatic carbocycles. The summed E-state index contributed by atoms with van der Waals surface area (Å²) in [6, 6.07) is 2.04. The van der Waals surface area contributed by atoms with Gasteiger partial charge in [0, 0.05) is 12.5 Å². The van der Waals surface area contributed by atoms with E-state index in [0.29, 0.717) is 19.3 Å². The second-order valence-corrected chi connectivity index (χ2v) is 6.28. The Morgan fingerprint density at radius 1 is 1.71 bits per heavy atom. The zero-order chi connectivity index (χ0) is 10.2. The molecule has 78 valence electrons. The molecule has 2 unspecified atom stereocenters.